The molecule has 1 N–H and O–H groups in total. The van der Waals surface area contributed by atoms with Crippen molar-refractivity contribution in [2.24, 2.45) is 0 Å². The maximum absolute atomic E-state index is 12.4. The van der Waals surface area contributed by atoms with E-state index in [1.807, 2.05) is 13.0 Å². The Morgan fingerprint density at radius 1 is 1.26 bits per heavy atom. The molecule has 1 amide bonds. The van der Waals surface area contributed by atoms with Gasteiger partial charge in [0, 0.05) is 11.6 Å². The summed E-state index contributed by atoms with van der Waals surface area (Å²) in [6, 6.07) is 9.82. The number of anilines is 1. The molecule has 7 heteroatoms. The summed E-state index contributed by atoms with van der Waals surface area (Å²) >= 11 is 1.26. The lowest BCUT2D eigenvalue weighted by atomic mass is 10.1. The number of hydrogen-bond donors (Lipinski definition) is 1. The molecule has 0 saturated carbocycles. The number of ether oxygens (including phenoxy) is 1. The quantitative estimate of drug-likeness (QED) is 0.510. The number of hydrogen-bond acceptors (Lipinski definition) is 5. The first-order valence-electron chi connectivity index (χ1n) is 6.74. The first kappa shape index (κ1) is 16.8. The van der Waals surface area contributed by atoms with Gasteiger partial charge in [-0.1, -0.05) is 6.07 Å². The van der Waals surface area contributed by atoms with E-state index in [4.69, 9.17) is 4.74 Å². The molecule has 0 aliphatic heterocycles. The van der Waals surface area contributed by atoms with E-state index in [9.17, 15) is 14.9 Å². The number of carbonyl (C=O) groups excluding carboxylic acids is 1. The minimum atomic E-state index is -0.490. The van der Waals surface area contributed by atoms with Crippen LogP contribution >= 0.6 is 11.8 Å². The zero-order valence-electron chi connectivity index (χ0n) is 13.0. The van der Waals surface area contributed by atoms with Crippen LogP contribution in [0, 0.1) is 17.0 Å². The first-order valence-corrected chi connectivity index (χ1v) is 7.97. The van der Waals surface area contributed by atoms with Gasteiger partial charge in [0.15, 0.2) is 0 Å². The number of nitro benzene ring substituents is 1. The minimum absolute atomic E-state index is 0.0821. The van der Waals surface area contributed by atoms with Crippen molar-refractivity contribution in [3.8, 4) is 5.75 Å². The highest BCUT2D eigenvalue weighted by molar-refractivity contribution is 7.98. The molecule has 120 valence electrons. The van der Waals surface area contributed by atoms with Crippen LogP contribution in [0.15, 0.2) is 41.3 Å². The van der Waals surface area contributed by atoms with E-state index in [0.717, 1.165) is 5.56 Å². The molecule has 0 aromatic heterocycles. The van der Waals surface area contributed by atoms with Crippen LogP contribution in [0.3, 0.4) is 0 Å². The molecule has 0 unspecified atom stereocenters. The van der Waals surface area contributed by atoms with Crippen LogP contribution in [0.2, 0.25) is 0 Å². The number of thioether (sulfide) groups is 1. The number of methoxy groups -OCH3 is 1. The molecule has 2 aromatic rings. The fraction of sp³-hybridized carbons (Fsp3) is 0.188. The largest absolute Gasteiger partial charge is 0.495 e. The van der Waals surface area contributed by atoms with E-state index in [2.05, 4.69) is 5.32 Å². The Balaban J connectivity index is 2.33. The van der Waals surface area contributed by atoms with Gasteiger partial charge >= 0.3 is 0 Å². The third-order valence-electron chi connectivity index (χ3n) is 3.24. The fourth-order valence-electron chi connectivity index (χ4n) is 2.09. The molecule has 23 heavy (non-hydrogen) atoms. The number of amides is 1. The summed E-state index contributed by atoms with van der Waals surface area (Å²) in [5, 5.41) is 13.8. The van der Waals surface area contributed by atoms with Crippen LogP contribution < -0.4 is 10.1 Å². The summed E-state index contributed by atoms with van der Waals surface area (Å²) in [6.45, 7) is 1.90. The van der Waals surface area contributed by atoms with Gasteiger partial charge in [-0.15, -0.1) is 11.8 Å². The molecule has 0 aliphatic rings. The van der Waals surface area contributed by atoms with Crippen molar-refractivity contribution >= 4 is 29.0 Å². The molecular weight excluding hydrogens is 316 g/mol. The second-order valence-corrected chi connectivity index (χ2v) is 5.65. The SMILES string of the molecule is COc1ccc(C)cc1NC(=O)c1ccc(SC)c([N+](=O)[O-])c1. The number of benzene rings is 2. The second kappa shape index (κ2) is 7.15. The Morgan fingerprint density at radius 2 is 2.00 bits per heavy atom. The zero-order chi connectivity index (χ0) is 17.0. The highest BCUT2D eigenvalue weighted by atomic mass is 32.2. The lowest BCUT2D eigenvalue weighted by molar-refractivity contribution is -0.387. The molecule has 0 fully saturated rings. The Kier molecular flexibility index (Phi) is 5.23. The van der Waals surface area contributed by atoms with Crippen molar-refractivity contribution in [2.45, 2.75) is 11.8 Å². The Bertz CT molecular complexity index is 762. The normalized spacial score (nSPS) is 10.2. The molecule has 0 bridgehead atoms. The standard InChI is InChI=1S/C16H16N2O4S/c1-10-4-6-14(22-2)12(8-10)17-16(19)11-5-7-15(23-3)13(9-11)18(20)21/h4-9H,1-3H3,(H,17,19). The lowest BCUT2D eigenvalue weighted by Crippen LogP contribution is -2.13. The summed E-state index contributed by atoms with van der Waals surface area (Å²) in [5.74, 6) is 0.101. The van der Waals surface area contributed by atoms with Gasteiger partial charge < -0.3 is 10.1 Å². The molecule has 2 rings (SSSR count). The second-order valence-electron chi connectivity index (χ2n) is 4.80. The third kappa shape index (κ3) is 3.81. The van der Waals surface area contributed by atoms with E-state index < -0.39 is 10.8 Å². The van der Waals surface area contributed by atoms with Gasteiger partial charge in [-0.3, -0.25) is 14.9 Å². The highest BCUT2D eigenvalue weighted by Gasteiger charge is 2.18. The van der Waals surface area contributed by atoms with Gasteiger partial charge in [0.1, 0.15) is 5.75 Å². The minimum Gasteiger partial charge on any atom is -0.495 e. The molecular formula is C16H16N2O4S. The zero-order valence-corrected chi connectivity index (χ0v) is 13.8. The first-order chi connectivity index (χ1) is 11.0. The summed E-state index contributed by atoms with van der Waals surface area (Å²) < 4.78 is 5.21. The number of nitrogens with zero attached hydrogens (tertiary/aromatic N) is 1. The molecule has 0 aliphatic carbocycles. The molecule has 0 spiro atoms. The number of rotatable bonds is 5. The maximum Gasteiger partial charge on any atom is 0.283 e. The van der Waals surface area contributed by atoms with Crippen LogP contribution in [0.1, 0.15) is 15.9 Å². The van der Waals surface area contributed by atoms with Crippen LogP contribution in [-0.4, -0.2) is 24.2 Å². The fourth-order valence-corrected chi connectivity index (χ4v) is 2.63. The van der Waals surface area contributed by atoms with Gasteiger partial charge in [0.05, 0.1) is 22.6 Å². The molecule has 0 radical (unpaired) electrons. The van der Waals surface area contributed by atoms with Crippen LogP contribution in [0.5, 0.6) is 5.75 Å². The van der Waals surface area contributed by atoms with Gasteiger partial charge in [-0.05, 0) is 43.0 Å². The van der Waals surface area contributed by atoms with Crippen molar-refractivity contribution in [2.75, 3.05) is 18.7 Å². The number of nitro groups is 1. The summed E-state index contributed by atoms with van der Waals surface area (Å²) in [5.41, 5.74) is 1.62. The van der Waals surface area contributed by atoms with E-state index in [-0.39, 0.29) is 11.3 Å². The number of carbonyl (C=O) groups is 1. The third-order valence-corrected chi connectivity index (χ3v) is 4.03. The van der Waals surface area contributed by atoms with Crippen LogP contribution in [-0.2, 0) is 0 Å². The molecule has 2 aromatic carbocycles. The number of aryl methyl sites for hydroxylation is 1. The highest BCUT2D eigenvalue weighted by Crippen LogP contribution is 2.30. The molecule has 0 atom stereocenters. The maximum atomic E-state index is 12.4. The topological polar surface area (TPSA) is 81.5 Å². The van der Waals surface area contributed by atoms with E-state index in [0.29, 0.717) is 16.3 Å². The molecule has 0 saturated heterocycles. The molecule has 0 heterocycles. The van der Waals surface area contributed by atoms with E-state index >= 15 is 0 Å². The predicted octanol–water partition coefficient (Wildman–Crippen LogP) is 3.89. The van der Waals surface area contributed by atoms with Gasteiger partial charge in [0.2, 0.25) is 0 Å². The number of nitrogens with one attached hydrogen (secondary N) is 1. The average molecular weight is 332 g/mol. The van der Waals surface area contributed by atoms with Crippen molar-refractivity contribution in [3.63, 3.8) is 0 Å². The van der Waals surface area contributed by atoms with Crippen LogP contribution in [0.4, 0.5) is 11.4 Å². The van der Waals surface area contributed by atoms with Crippen molar-refractivity contribution in [1.82, 2.24) is 0 Å². The monoisotopic (exact) mass is 332 g/mol. The van der Waals surface area contributed by atoms with E-state index in [1.54, 1.807) is 30.5 Å². The lowest BCUT2D eigenvalue weighted by Gasteiger charge is -2.11. The van der Waals surface area contributed by atoms with Crippen molar-refractivity contribution in [1.29, 1.82) is 0 Å². The predicted molar refractivity (Wildman–Crippen MR) is 90.6 cm³/mol. The smallest absolute Gasteiger partial charge is 0.283 e. The Hall–Kier alpha value is -2.54. The molecule has 6 nitrogen and oxygen atoms in total. The summed E-state index contributed by atoms with van der Waals surface area (Å²) in [7, 11) is 1.51. The van der Waals surface area contributed by atoms with E-state index in [1.165, 1.54) is 24.9 Å². The Morgan fingerprint density at radius 3 is 2.61 bits per heavy atom. The summed E-state index contributed by atoms with van der Waals surface area (Å²) in [4.78, 5) is 23.5. The van der Waals surface area contributed by atoms with Gasteiger partial charge in [-0.2, -0.15) is 0 Å². The van der Waals surface area contributed by atoms with Gasteiger partial charge in [0.25, 0.3) is 11.6 Å². The summed E-state index contributed by atoms with van der Waals surface area (Å²) in [6.07, 6.45) is 1.75. The van der Waals surface area contributed by atoms with Crippen molar-refractivity contribution < 1.29 is 14.5 Å². The average Bonchev–Trinajstić information content (AvgIpc) is 2.54. The Labute approximate surface area is 138 Å². The van der Waals surface area contributed by atoms with Crippen LogP contribution in [0.25, 0.3) is 0 Å². The van der Waals surface area contributed by atoms with Crippen molar-refractivity contribution in [3.05, 3.63) is 57.6 Å². The van der Waals surface area contributed by atoms with Gasteiger partial charge in [-0.25, -0.2) is 0 Å².